The first-order valence-electron chi connectivity index (χ1n) is 7.33. The third kappa shape index (κ3) is 5.10. The number of carbonyl (C=O) groups excluding carboxylic acids is 1. The van der Waals surface area contributed by atoms with Crippen LogP contribution < -0.4 is 14.8 Å². The van der Waals surface area contributed by atoms with Crippen LogP contribution in [-0.4, -0.2) is 24.1 Å². The van der Waals surface area contributed by atoms with E-state index in [0.717, 1.165) is 0 Å². The maximum Gasteiger partial charge on any atom is 0.268 e. The summed E-state index contributed by atoms with van der Waals surface area (Å²) in [5.41, 5.74) is 0.581. The first-order chi connectivity index (χ1) is 12.2. The number of thiazole rings is 1. The number of rotatable bonds is 7. The van der Waals surface area contributed by atoms with Crippen LogP contribution in [0, 0.1) is 23.7 Å². The molecule has 0 atom stereocenters. The molecule has 0 fully saturated rings. The van der Waals surface area contributed by atoms with Gasteiger partial charge >= 0.3 is 0 Å². The van der Waals surface area contributed by atoms with Crippen molar-refractivity contribution < 1.29 is 14.3 Å². The van der Waals surface area contributed by atoms with Gasteiger partial charge < -0.3 is 9.47 Å². The van der Waals surface area contributed by atoms with Crippen molar-refractivity contribution >= 4 is 28.5 Å². The number of carbonyl (C=O) groups is 1. The number of terminal acetylenes is 1. The normalized spacial score (nSPS) is 10.4. The number of benzene rings is 1. The first-order valence-corrected chi connectivity index (χ1v) is 8.21. The second kappa shape index (κ2) is 9.11. The minimum Gasteiger partial charge on any atom is -0.490 e. The van der Waals surface area contributed by atoms with Gasteiger partial charge in [-0.3, -0.25) is 10.1 Å². The van der Waals surface area contributed by atoms with Crippen LogP contribution in [0.1, 0.15) is 12.5 Å². The van der Waals surface area contributed by atoms with Crippen molar-refractivity contribution in [2.75, 3.05) is 18.5 Å². The molecule has 126 valence electrons. The predicted octanol–water partition coefficient (Wildman–Crippen LogP) is 3.10. The van der Waals surface area contributed by atoms with Gasteiger partial charge in [-0.15, -0.1) is 17.8 Å². The second-order valence-electron chi connectivity index (χ2n) is 4.59. The fraction of sp³-hybridized carbons (Fsp3) is 0.167. The topological polar surface area (TPSA) is 84.2 Å². The van der Waals surface area contributed by atoms with Gasteiger partial charge in [0.05, 0.1) is 6.61 Å². The average Bonchev–Trinajstić information content (AvgIpc) is 3.12. The number of hydrogen-bond donors (Lipinski definition) is 1. The highest BCUT2D eigenvalue weighted by atomic mass is 32.1. The molecule has 0 aliphatic carbocycles. The third-order valence-corrected chi connectivity index (χ3v) is 3.60. The lowest BCUT2D eigenvalue weighted by atomic mass is 10.1. The number of nitriles is 1. The minimum absolute atomic E-state index is 0.0464. The number of nitrogens with one attached hydrogen (secondary N) is 1. The lowest BCUT2D eigenvalue weighted by Gasteiger charge is -2.11. The summed E-state index contributed by atoms with van der Waals surface area (Å²) in [4.78, 5) is 16.1. The van der Waals surface area contributed by atoms with Crippen molar-refractivity contribution in [3.8, 4) is 29.9 Å². The number of ether oxygens (including phenoxy) is 2. The summed E-state index contributed by atoms with van der Waals surface area (Å²) in [5, 5.41) is 14.0. The van der Waals surface area contributed by atoms with Crippen LogP contribution in [0.5, 0.6) is 11.5 Å². The summed E-state index contributed by atoms with van der Waals surface area (Å²) < 4.78 is 10.9. The Hall–Kier alpha value is -3.29. The average molecular weight is 353 g/mol. The standard InChI is InChI=1S/C18H15N3O3S/c1-3-8-24-15-6-5-13(11-16(15)23-4-2)10-14(12-19)17(22)21-18-20-7-9-25-18/h1,5-7,9-11H,4,8H2,2H3,(H,20,21,22). The fourth-order valence-electron chi connectivity index (χ4n) is 1.89. The van der Waals surface area contributed by atoms with E-state index < -0.39 is 5.91 Å². The summed E-state index contributed by atoms with van der Waals surface area (Å²) in [6, 6.07) is 6.97. The molecule has 2 rings (SSSR count). The summed E-state index contributed by atoms with van der Waals surface area (Å²) in [6.45, 7) is 2.40. The van der Waals surface area contributed by atoms with Crippen molar-refractivity contribution in [3.63, 3.8) is 0 Å². The lowest BCUT2D eigenvalue weighted by Crippen LogP contribution is -2.13. The minimum atomic E-state index is -0.525. The van der Waals surface area contributed by atoms with E-state index in [1.54, 1.807) is 29.8 Å². The van der Waals surface area contributed by atoms with Crippen LogP contribution in [0.3, 0.4) is 0 Å². The molecule has 1 aromatic heterocycles. The summed E-state index contributed by atoms with van der Waals surface area (Å²) in [5.74, 6) is 2.85. The van der Waals surface area contributed by atoms with Crippen molar-refractivity contribution in [2.45, 2.75) is 6.92 Å². The molecule has 0 aliphatic rings. The van der Waals surface area contributed by atoms with Gasteiger partial charge in [-0.25, -0.2) is 4.98 Å². The van der Waals surface area contributed by atoms with Gasteiger partial charge in [-0.2, -0.15) is 5.26 Å². The molecule has 2 aromatic rings. The highest BCUT2D eigenvalue weighted by molar-refractivity contribution is 7.13. The molecule has 0 aliphatic heterocycles. The molecular weight excluding hydrogens is 338 g/mol. The van der Waals surface area contributed by atoms with Crippen LogP contribution in [0.4, 0.5) is 5.13 Å². The molecule has 0 saturated heterocycles. The molecule has 7 heteroatoms. The Morgan fingerprint density at radius 1 is 1.44 bits per heavy atom. The Morgan fingerprint density at radius 3 is 2.92 bits per heavy atom. The number of aromatic nitrogens is 1. The molecule has 1 aromatic carbocycles. The quantitative estimate of drug-likeness (QED) is 0.470. The SMILES string of the molecule is C#CCOc1ccc(C=C(C#N)C(=O)Nc2nccs2)cc1OCC. The van der Waals surface area contributed by atoms with Crippen molar-refractivity contribution in [1.29, 1.82) is 5.26 Å². The van der Waals surface area contributed by atoms with Gasteiger partial charge in [0.15, 0.2) is 16.6 Å². The Morgan fingerprint density at radius 2 is 2.28 bits per heavy atom. The molecule has 0 bridgehead atoms. The lowest BCUT2D eigenvalue weighted by molar-refractivity contribution is -0.112. The van der Waals surface area contributed by atoms with E-state index in [9.17, 15) is 10.1 Å². The maximum absolute atomic E-state index is 12.2. The molecular formula is C18H15N3O3S. The Bertz CT molecular complexity index is 845. The summed E-state index contributed by atoms with van der Waals surface area (Å²) in [6.07, 6.45) is 8.23. The highest BCUT2D eigenvalue weighted by Gasteiger charge is 2.12. The van der Waals surface area contributed by atoms with Crippen molar-refractivity contribution in [2.24, 2.45) is 0 Å². The summed E-state index contributed by atoms with van der Waals surface area (Å²) >= 11 is 1.27. The van der Waals surface area contributed by atoms with Crippen LogP contribution in [-0.2, 0) is 4.79 Å². The van der Waals surface area contributed by atoms with E-state index >= 15 is 0 Å². The van der Waals surface area contributed by atoms with Crippen LogP contribution in [0.2, 0.25) is 0 Å². The van der Waals surface area contributed by atoms with E-state index in [1.165, 1.54) is 17.4 Å². The van der Waals surface area contributed by atoms with E-state index in [0.29, 0.717) is 28.8 Å². The van der Waals surface area contributed by atoms with Gasteiger partial charge in [-0.05, 0) is 30.7 Å². The third-order valence-electron chi connectivity index (χ3n) is 2.91. The van der Waals surface area contributed by atoms with Gasteiger partial charge in [0.1, 0.15) is 18.2 Å². The number of amides is 1. The number of hydrogen-bond acceptors (Lipinski definition) is 6. The molecule has 0 saturated carbocycles. The largest absolute Gasteiger partial charge is 0.490 e. The predicted molar refractivity (Wildman–Crippen MR) is 96.3 cm³/mol. The molecule has 1 amide bonds. The van der Waals surface area contributed by atoms with Gasteiger partial charge in [0.2, 0.25) is 0 Å². The van der Waals surface area contributed by atoms with Gasteiger partial charge in [0, 0.05) is 11.6 Å². The van der Waals surface area contributed by atoms with Gasteiger partial charge in [0.25, 0.3) is 5.91 Å². The van der Waals surface area contributed by atoms with E-state index in [4.69, 9.17) is 15.9 Å². The maximum atomic E-state index is 12.2. The zero-order valence-electron chi connectivity index (χ0n) is 13.5. The van der Waals surface area contributed by atoms with E-state index in [2.05, 4.69) is 16.2 Å². The van der Waals surface area contributed by atoms with Crippen LogP contribution >= 0.6 is 11.3 Å². The monoisotopic (exact) mass is 353 g/mol. The van der Waals surface area contributed by atoms with Gasteiger partial charge in [-0.1, -0.05) is 12.0 Å². The van der Waals surface area contributed by atoms with Crippen molar-refractivity contribution in [3.05, 3.63) is 40.9 Å². The highest BCUT2D eigenvalue weighted by Crippen LogP contribution is 2.29. The number of nitrogens with zero attached hydrogens (tertiary/aromatic N) is 2. The van der Waals surface area contributed by atoms with E-state index in [-0.39, 0.29) is 12.2 Å². The Balaban J connectivity index is 2.24. The summed E-state index contributed by atoms with van der Waals surface area (Å²) in [7, 11) is 0. The molecule has 1 heterocycles. The Labute approximate surface area is 149 Å². The fourth-order valence-corrected chi connectivity index (χ4v) is 2.41. The smallest absolute Gasteiger partial charge is 0.268 e. The molecule has 0 radical (unpaired) electrons. The van der Waals surface area contributed by atoms with Crippen LogP contribution in [0.15, 0.2) is 35.3 Å². The molecule has 6 nitrogen and oxygen atoms in total. The van der Waals surface area contributed by atoms with E-state index in [1.807, 2.05) is 13.0 Å². The molecule has 0 unspecified atom stereocenters. The second-order valence-corrected chi connectivity index (χ2v) is 5.49. The van der Waals surface area contributed by atoms with Crippen LogP contribution in [0.25, 0.3) is 6.08 Å². The zero-order valence-corrected chi connectivity index (χ0v) is 14.3. The van der Waals surface area contributed by atoms with Crippen molar-refractivity contribution in [1.82, 2.24) is 4.98 Å². The molecule has 0 spiro atoms. The zero-order chi connectivity index (χ0) is 18.1. The molecule has 25 heavy (non-hydrogen) atoms. The molecule has 1 N–H and O–H groups in total. The first kappa shape index (κ1) is 18.1. The Kier molecular flexibility index (Phi) is 6.58. The number of anilines is 1.